The van der Waals surface area contributed by atoms with E-state index < -0.39 is 0 Å². The Morgan fingerprint density at radius 1 is 1.42 bits per heavy atom. The van der Waals surface area contributed by atoms with Gasteiger partial charge < -0.3 is 11.6 Å². The van der Waals surface area contributed by atoms with Gasteiger partial charge in [0.1, 0.15) is 0 Å². The second kappa shape index (κ2) is 3.52. The fourth-order valence-electron chi connectivity index (χ4n) is 0.886. The van der Waals surface area contributed by atoms with Gasteiger partial charge in [0.25, 0.3) is 0 Å². The molecule has 0 radical (unpaired) electrons. The third-order valence-electron chi connectivity index (χ3n) is 1.45. The maximum absolute atomic E-state index is 7.46. The van der Waals surface area contributed by atoms with E-state index in [1.807, 2.05) is 12.1 Å². The lowest BCUT2D eigenvalue weighted by Crippen LogP contribution is -2.05. The van der Waals surface area contributed by atoms with Crippen molar-refractivity contribution >= 4 is 17.6 Å². The molecule has 1 aromatic rings. The van der Waals surface area contributed by atoms with Crippen LogP contribution in [0.5, 0.6) is 0 Å². The Morgan fingerprint density at radius 3 is 2.67 bits per heavy atom. The minimum Gasteiger partial charge on any atom is -0.398 e. The van der Waals surface area contributed by atoms with E-state index in [1.54, 1.807) is 12.1 Å². The zero-order chi connectivity index (χ0) is 8.97. The first-order valence-electron chi connectivity index (χ1n) is 3.42. The van der Waals surface area contributed by atoms with Gasteiger partial charge in [-0.2, -0.15) is 5.10 Å². The smallest absolute Gasteiger partial charge is 0.0833 e. The van der Waals surface area contributed by atoms with E-state index in [4.69, 9.17) is 17.0 Å². The van der Waals surface area contributed by atoms with Crippen LogP contribution in [0.2, 0.25) is 0 Å². The fourth-order valence-corrected chi connectivity index (χ4v) is 0.886. The van der Waals surface area contributed by atoms with Gasteiger partial charge in [-0.25, -0.2) is 0 Å². The molecule has 1 aromatic carbocycles. The molecule has 0 heterocycles. The van der Waals surface area contributed by atoms with Crippen molar-refractivity contribution in [3.8, 4) is 0 Å². The van der Waals surface area contributed by atoms with Gasteiger partial charge in [-0.05, 0) is 6.07 Å². The van der Waals surface area contributed by atoms with Crippen molar-refractivity contribution in [2.24, 2.45) is 10.9 Å². The van der Waals surface area contributed by atoms with Crippen LogP contribution < -0.4 is 11.6 Å². The molecule has 4 nitrogen and oxygen atoms in total. The number of hydrazone groups is 1. The first-order valence-corrected chi connectivity index (χ1v) is 3.42. The van der Waals surface area contributed by atoms with Crippen LogP contribution >= 0.6 is 0 Å². The summed E-state index contributed by atoms with van der Waals surface area (Å²) in [5.74, 6) is 4.90. The van der Waals surface area contributed by atoms with Gasteiger partial charge >= 0.3 is 0 Å². The summed E-state index contributed by atoms with van der Waals surface area (Å²) in [5, 5.41) is 10.7. The highest BCUT2D eigenvalue weighted by Crippen LogP contribution is 2.09. The number of nitrogens with two attached hydrogens (primary N) is 2. The maximum Gasteiger partial charge on any atom is 0.0833 e. The Bertz CT molecular complexity index is 317. The van der Waals surface area contributed by atoms with Crippen LogP contribution in [-0.4, -0.2) is 11.9 Å². The Balaban J connectivity index is 3.03. The molecule has 12 heavy (non-hydrogen) atoms. The summed E-state index contributed by atoms with van der Waals surface area (Å²) in [4.78, 5) is 0. The molecule has 0 aliphatic carbocycles. The standard InChI is InChI=1S/C8H10N4/c9-7-4-2-1-3-6(7)8(10)5-12-11/h1-5,10H,9,11H2/b10-8?,12-5-. The van der Waals surface area contributed by atoms with Gasteiger partial charge in [0.2, 0.25) is 0 Å². The second-order valence-electron chi connectivity index (χ2n) is 2.28. The van der Waals surface area contributed by atoms with Crippen molar-refractivity contribution in [2.45, 2.75) is 0 Å². The molecular formula is C8H10N4. The van der Waals surface area contributed by atoms with Crippen molar-refractivity contribution in [1.29, 1.82) is 5.41 Å². The molecular weight excluding hydrogens is 152 g/mol. The van der Waals surface area contributed by atoms with Gasteiger partial charge in [0.15, 0.2) is 0 Å². The molecule has 0 aromatic heterocycles. The molecule has 0 saturated heterocycles. The van der Waals surface area contributed by atoms with Crippen molar-refractivity contribution in [3.05, 3.63) is 29.8 Å². The SMILES string of the molecule is N=C(/C=N\N)c1ccccc1N. The zero-order valence-corrected chi connectivity index (χ0v) is 6.49. The van der Waals surface area contributed by atoms with E-state index in [0.29, 0.717) is 11.3 Å². The van der Waals surface area contributed by atoms with Gasteiger partial charge in [-0.1, -0.05) is 18.2 Å². The average molecular weight is 162 g/mol. The predicted molar refractivity (Wildman–Crippen MR) is 50.4 cm³/mol. The molecule has 0 amide bonds. The molecule has 62 valence electrons. The molecule has 0 fully saturated rings. The summed E-state index contributed by atoms with van der Waals surface area (Å²) >= 11 is 0. The van der Waals surface area contributed by atoms with Crippen molar-refractivity contribution in [1.82, 2.24) is 0 Å². The molecule has 0 aliphatic heterocycles. The molecule has 0 saturated carbocycles. The van der Waals surface area contributed by atoms with E-state index >= 15 is 0 Å². The number of rotatable bonds is 2. The largest absolute Gasteiger partial charge is 0.398 e. The molecule has 4 heteroatoms. The number of hydrogen-bond donors (Lipinski definition) is 3. The molecule has 5 N–H and O–H groups in total. The number of anilines is 1. The highest BCUT2D eigenvalue weighted by Gasteiger charge is 2.00. The molecule has 0 bridgehead atoms. The van der Waals surface area contributed by atoms with Gasteiger partial charge in [-0.3, -0.25) is 5.41 Å². The number of hydrogen-bond acceptors (Lipinski definition) is 4. The number of nitrogens with zero attached hydrogens (tertiary/aromatic N) is 1. The maximum atomic E-state index is 7.46. The van der Waals surface area contributed by atoms with E-state index in [9.17, 15) is 0 Å². The first-order chi connectivity index (χ1) is 5.75. The number of para-hydroxylation sites is 1. The Morgan fingerprint density at radius 2 is 2.08 bits per heavy atom. The fraction of sp³-hybridized carbons (Fsp3) is 0. The van der Waals surface area contributed by atoms with E-state index in [-0.39, 0.29) is 5.71 Å². The van der Waals surface area contributed by atoms with E-state index in [1.165, 1.54) is 6.21 Å². The van der Waals surface area contributed by atoms with E-state index in [2.05, 4.69) is 5.10 Å². The summed E-state index contributed by atoms with van der Waals surface area (Å²) in [6, 6.07) is 7.10. The topological polar surface area (TPSA) is 88.2 Å². The summed E-state index contributed by atoms with van der Waals surface area (Å²) in [6.07, 6.45) is 1.26. The first kappa shape index (κ1) is 8.26. The lowest BCUT2D eigenvalue weighted by atomic mass is 10.1. The van der Waals surface area contributed by atoms with Crippen LogP contribution in [0, 0.1) is 5.41 Å². The van der Waals surface area contributed by atoms with Crippen LogP contribution in [0.1, 0.15) is 5.56 Å². The highest BCUT2D eigenvalue weighted by atomic mass is 15.1. The zero-order valence-electron chi connectivity index (χ0n) is 6.49. The van der Waals surface area contributed by atoms with Crippen LogP contribution in [0.3, 0.4) is 0 Å². The molecule has 0 unspecified atom stereocenters. The van der Waals surface area contributed by atoms with Crippen LogP contribution in [0.15, 0.2) is 29.4 Å². The average Bonchev–Trinajstić information content (AvgIpc) is 2.05. The normalized spacial score (nSPS) is 10.3. The predicted octanol–water partition coefficient (Wildman–Crippen LogP) is 0.581. The molecule has 0 atom stereocenters. The van der Waals surface area contributed by atoms with Crippen LogP contribution in [0.4, 0.5) is 5.69 Å². The molecule has 0 aliphatic rings. The molecule has 0 spiro atoms. The lowest BCUT2D eigenvalue weighted by molar-refractivity contribution is 1.27. The monoisotopic (exact) mass is 162 g/mol. The highest BCUT2D eigenvalue weighted by molar-refractivity contribution is 6.38. The quantitative estimate of drug-likeness (QED) is 0.257. The molecule has 1 rings (SSSR count). The number of nitrogen functional groups attached to an aromatic ring is 1. The van der Waals surface area contributed by atoms with Gasteiger partial charge in [0, 0.05) is 11.3 Å². The second-order valence-corrected chi connectivity index (χ2v) is 2.28. The van der Waals surface area contributed by atoms with Crippen LogP contribution in [-0.2, 0) is 0 Å². The van der Waals surface area contributed by atoms with Crippen molar-refractivity contribution in [2.75, 3.05) is 5.73 Å². The number of nitrogens with one attached hydrogen (secondary N) is 1. The van der Waals surface area contributed by atoms with Crippen molar-refractivity contribution < 1.29 is 0 Å². The van der Waals surface area contributed by atoms with Gasteiger partial charge in [0.05, 0.1) is 11.9 Å². The van der Waals surface area contributed by atoms with Gasteiger partial charge in [-0.15, -0.1) is 0 Å². The lowest BCUT2D eigenvalue weighted by Gasteiger charge is -2.01. The summed E-state index contributed by atoms with van der Waals surface area (Å²) in [6.45, 7) is 0. The summed E-state index contributed by atoms with van der Waals surface area (Å²) < 4.78 is 0. The Kier molecular flexibility index (Phi) is 2.42. The van der Waals surface area contributed by atoms with E-state index in [0.717, 1.165) is 0 Å². The third-order valence-corrected chi connectivity index (χ3v) is 1.45. The van der Waals surface area contributed by atoms with Crippen molar-refractivity contribution in [3.63, 3.8) is 0 Å². The number of benzene rings is 1. The Labute approximate surface area is 70.4 Å². The summed E-state index contributed by atoms with van der Waals surface area (Å²) in [5.41, 5.74) is 7.03. The van der Waals surface area contributed by atoms with Crippen LogP contribution in [0.25, 0.3) is 0 Å². The summed E-state index contributed by atoms with van der Waals surface area (Å²) in [7, 11) is 0. The Hall–Kier alpha value is -1.84. The third kappa shape index (κ3) is 1.60. The minimum atomic E-state index is 0.218. The minimum absolute atomic E-state index is 0.218.